The molecule has 1 aromatic rings. The van der Waals surface area contributed by atoms with Crippen LogP contribution in [0.2, 0.25) is 0 Å². The van der Waals surface area contributed by atoms with Crippen LogP contribution >= 0.6 is 0 Å². The van der Waals surface area contributed by atoms with Crippen LogP contribution in [0.3, 0.4) is 0 Å². The Morgan fingerprint density at radius 2 is 2.22 bits per heavy atom. The summed E-state index contributed by atoms with van der Waals surface area (Å²) in [6, 6.07) is 7.13. The average Bonchev–Trinajstić information content (AvgIpc) is 2.39. The highest BCUT2D eigenvalue weighted by Crippen LogP contribution is 2.12. The summed E-state index contributed by atoms with van der Waals surface area (Å²) in [6.45, 7) is 0.772. The first kappa shape index (κ1) is 14.5. The molecule has 0 radical (unpaired) electrons. The van der Waals surface area contributed by atoms with Gasteiger partial charge >= 0.3 is 0 Å². The number of methoxy groups -OCH3 is 2. The monoisotopic (exact) mass is 252 g/mol. The van der Waals surface area contributed by atoms with Crippen molar-refractivity contribution >= 4 is 5.91 Å². The number of nitrogens with two attached hydrogens (primary N) is 1. The van der Waals surface area contributed by atoms with Crippen molar-refractivity contribution in [2.24, 2.45) is 5.73 Å². The zero-order valence-electron chi connectivity index (χ0n) is 10.8. The molecule has 0 aromatic heterocycles. The lowest BCUT2D eigenvalue weighted by Crippen LogP contribution is -2.44. The van der Waals surface area contributed by atoms with Gasteiger partial charge in [0.05, 0.1) is 13.7 Å². The highest BCUT2D eigenvalue weighted by Gasteiger charge is 2.11. The van der Waals surface area contributed by atoms with Crippen LogP contribution in [-0.2, 0) is 16.0 Å². The Labute approximate surface area is 107 Å². The Morgan fingerprint density at radius 3 is 2.89 bits per heavy atom. The highest BCUT2D eigenvalue weighted by molar-refractivity contribution is 5.81. The van der Waals surface area contributed by atoms with E-state index in [9.17, 15) is 4.79 Å². The minimum absolute atomic E-state index is 0.195. The lowest BCUT2D eigenvalue weighted by Gasteiger charge is -2.11. The first-order chi connectivity index (χ1) is 8.67. The molecule has 0 spiro atoms. The summed E-state index contributed by atoms with van der Waals surface area (Å²) in [5, 5.41) is 2.77. The van der Waals surface area contributed by atoms with E-state index in [0.29, 0.717) is 6.54 Å². The molecule has 0 saturated heterocycles. The lowest BCUT2D eigenvalue weighted by atomic mass is 10.1. The van der Waals surface area contributed by atoms with E-state index in [2.05, 4.69) is 5.32 Å². The minimum atomic E-state index is -0.611. The molecule has 1 aromatic carbocycles. The number of rotatable bonds is 7. The maximum atomic E-state index is 11.5. The number of hydrogen-bond donors (Lipinski definition) is 2. The second-order valence-electron chi connectivity index (χ2n) is 3.95. The van der Waals surface area contributed by atoms with Crippen molar-refractivity contribution in [2.75, 3.05) is 27.4 Å². The Kier molecular flexibility index (Phi) is 6.18. The molecule has 0 saturated carbocycles. The summed E-state index contributed by atoms with van der Waals surface area (Å²) >= 11 is 0. The zero-order valence-corrected chi connectivity index (χ0v) is 10.8. The van der Waals surface area contributed by atoms with Crippen molar-refractivity contribution in [3.05, 3.63) is 29.8 Å². The molecular weight excluding hydrogens is 232 g/mol. The lowest BCUT2D eigenvalue weighted by molar-refractivity contribution is -0.123. The molecule has 0 aliphatic rings. The number of amides is 1. The first-order valence-electron chi connectivity index (χ1n) is 5.82. The number of hydrogen-bond acceptors (Lipinski definition) is 4. The fourth-order valence-corrected chi connectivity index (χ4v) is 1.54. The zero-order chi connectivity index (χ0) is 13.4. The molecule has 5 heteroatoms. The van der Waals surface area contributed by atoms with Crippen LogP contribution in [-0.4, -0.2) is 39.3 Å². The Morgan fingerprint density at radius 1 is 1.44 bits per heavy atom. The van der Waals surface area contributed by atoms with Crippen LogP contribution in [0.4, 0.5) is 0 Å². The molecule has 18 heavy (non-hydrogen) atoms. The van der Waals surface area contributed by atoms with Crippen molar-refractivity contribution in [1.29, 1.82) is 0 Å². The molecule has 1 rings (SSSR count). The summed E-state index contributed by atoms with van der Waals surface area (Å²) in [5.41, 5.74) is 6.70. The summed E-state index contributed by atoms with van der Waals surface area (Å²) in [6.07, 6.45) is 0.739. The second-order valence-corrected chi connectivity index (χ2v) is 3.95. The third-order valence-corrected chi connectivity index (χ3v) is 2.53. The molecular formula is C13H20N2O3. The average molecular weight is 252 g/mol. The molecule has 1 atom stereocenters. The Hall–Kier alpha value is -1.59. The van der Waals surface area contributed by atoms with Gasteiger partial charge in [0.1, 0.15) is 11.8 Å². The van der Waals surface area contributed by atoms with Gasteiger partial charge in [-0.3, -0.25) is 4.79 Å². The van der Waals surface area contributed by atoms with Crippen LogP contribution in [0.5, 0.6) is 5.75 Å². The topological polar surface area (TPSA) is 73.6 Å². The number of carbonyl (C=O) groups excluding carboxylic acids is 1. The molecule has 3 N–H and O–H groups in total. The molecule has 5 nitrogen and oxygen atoms in total. The molecule has 0 fully saturated rings. The fourth-order valence-electron chi connectivity index (χ4n) is 1.54. The molecule has 100 valence electrons. The summed E-state index contributed by atoms with van der Waals surface area (Å²) < 4.78 is 9.95. The maximum absolute atomic E-state index is 11.5. The molecule has 0 heterocycles. The summed E-state index contributed by atoms with van der Waals surface area (Å²) in [5.74, 6) is 0.620. The van der Waals surface area contributed by atoms with Crippen molar-refractivity contribution < 1.29 is 14.3 Å². The van der Waals surface area contributed by atoms with Gasteiger partial charge in [0.25, 0.3) is 0 Å². The van der Waals surface area contributed by atoms with Gasteiger partial charge in [-0.15, -0.1) is 0 Å². The quantitative estimate of drug-likeness (QED) is 0.733. The second kappa shape index (κ2) is 7.68. The van der Waals surface area contributed by atoms with Gasteiger partial charge in [-0.2, -0.15) is 0 Å². The van der Waals surface area contributed by atoms with Gasteiger partial charge in [-0.05, 0) is 24.1 Å². The summed E-state index contributed by atoms with van der Waals surface area (Å²) in [4.78, 5) is 11.5. The van der Waals surface area contributed by atoms with Crippen molar-refractivity contribution in [1.82, 2.24) is 5.32 Å². The third-order valence-electron chi connectivity index (χ3n) is 2.53. The largest absolute Gasteiger partial charge is 0.497 e. The van der Waals surface area contributed by atoms with E-state index in [1.165, 1.54) is 7.11 Å². The van der Waals surface area contributed by atoms with Gasteiger partial charge in [0.15, 0.2) is 0 Å². The van der Waals surface area contributed by atoms with Gasteiger partial charge in [0, 0.05) is 13.7 Å². The van der Waals surface area contributed by atoms with Gasteiger partial charge in [0.2, 0.25) is 5.91 Å². The number of ether oxygens (including phenoxy) is 2. The van der Waals surface area contributed by atoms with E-state index in [1.807, 2.05) is 24.3 Å². The van der Waals surface area contributed by atoms with Crippen LogP contribution in [0, 0.1) is 0 Å². The molecule has 1 amide bonds. The van der Waals surface area contributed by atoms with E-state index < -0.39 is 6.04 Å². The van der Waals surface area contributed by atoms with E-state index in [-0.39, 0.29) is 12.5 Å². The molecule has 1 unspecified atom stereocenters. The summed E-state index contributed by atoms with van der Waals surface area (Å²) in [7, 11) is 3.15. The van der Waals surface area contributed by atoms with E-state index in [0.717, 1.165) is 17.7 Å². The minimum Gasteiger partial charge on any atom is -0.497 e. The fraction of sp³-hybridized carbons (Fsp3) is 0.462. The van der Waals surface area contributed by atoms with Crippen molar-refractivity contribution in [3.63, 3.8) is 0 Å². The smallest absolute Gasteiger partial charge is 0.239 e. The third kappa shape index (κ3) is 4.73. The van der Waals surface area contributed by atoms with Crippen molar-refractivity contribution in [2.45, 2.75) is 12.5 Å². The molecule has 0 aliphatic heterocycles. The maximum Gasteiger partial charge on any atom is 0.239 e. The van der Waals surface area contributed by atoms with Crippen LogP contribution < -0.4 is 15.8 Å². The SMILES string of the molecule is COCC(N)C(=O)NCCc1cccc(OC)c1. The van der Waals surface area contributed by atoms with Crippen molar-refractivity contribution in [3.8, 4) is 5.75 Å². The predicted molar refractivity (Wildman–Crippen MR) is 69.6 cm³/mol. The van der Waals surface area contributed by atoms with E-state index in [1.54, 1.807) is 7.11 Å². The van der Waals surface area contributed by atoms with E-state index >= 15 is 0 Å². The van der Waals surface area contributed by atoms with Crippen LogP contribution in [0.15, 0.2) is 24.3 Å². The standard InChI is InChI=1S/C13H20N2O3/c1-17-9-12(14)13(16)15-7-6-10-4-3-5-11(8-10)18-2/h3-5,8,12H,6-7,9,14H2,1-2H3,(H,15,16). The van der Waals surface area contributed by atoms with Gasteiger partial charge in [-0.1, -0.05) is 12.1 Å². The number of benzene rings is 1. The number of carbonyl (C=O) groups is 1. The van der Waals surface area contributed by atoms with Gasteiger partial charge < -0.3 is 20.5 Å². The normalized spacial score (nSPS) is 11.9. The first-order valence-corrected chi connectivity index (χ1v) is 5.82. The Bertz CT molecular complexity index is 382. The molecule has 0 bridgehead atoms. The van der Waals surface area contributed by atoms with Crippen LogP contribution in [0.25, 0.3) is 0 Å². The van der Waals surface area contributed by atoms with E-state index in [4.69, 9.17) is 15.2 Å². The predicted octanol–water partition coefficient (Wildman–Crippen LogP) is 0.328. The number of nitrogens with one attached hydrogen (secondary N) is 1. The molecule has 0 aliphatic carbocycles. The highest BCUT2D eigenvalue weighted by atomic mass is 16.5. The Balaban J connectivity index is 2.34. The van der Waals surface area contributed by atoms with Gasteiger partial charge in [-0.25, -0.2) is 0 Å². The van der Waals surface area contributed by atoms with Crippen LogP contribution in [0.1, 0.15) is 5.56 Å².